The van der Waals surface area contributed by atoms with Crippen LogP contribution in [0.1, 0.15) is 30.8 Å². The fourth-order valence-electron chi connectivity index (χ4n) is 2.98. The van der Waals surface area contributed by atoms with Crippen molar-refractivity contribution in [3.05, 3.63) is 58.6 Å². The van der Waals surface area contributed by atoms with Crippen LogP contribution >= 0.6 is 11.6 Å². The van der Waals surface area contributed by atoms with Crippen LogP contribution in [-0.2, 0) is 16.0 Å². The van der Waals surface area contributed by atoms with E-state index in [9.17, 15) is 4.79 Å². The van der Waals surface area contributed by atoms with Crippen molar-refractivity contribution in [3.63, 3.8) is 0 Å². The SMILES string of the molecule is CCOC(=O)C=Cc1c(C)nn2c(CC)ccc2c1-c1ccnc(Cl)c1. The number of carbonyl (C=O) groups excluding carboxylic acids is 1. The van der Waals surface area contributed by atoms with Gasteiger partial charge in [0.1, 0.15) is 5.15 Å². The summed E-state index contributed by atoms with van der Waals surface area (Å²) in [6.45, 7) is 6.14. The number of hydrogen-bond donors (Lipinski definition) is 0. The molecule has 0 spiro atoms. The smallest absolute Gasteiger partial charge is 0.330 e. The topological polar surface area (TPSA) is 56.5 Å². The van der Waals surface area contributed by atoms with Crippen molar-refractivity contribution in [2.45, 2.75) is 27.2 Å². The second-order valence-electron chi connectivity index (χ2n) is 5.80. The molecule has 0 fully saturated rings. The predicted molar refractivity (Wildman–Crippen MR) is 103 cm³/mol. The molecule has 0 unspecified atom stereocenters. The van der Waals surface area contributed by atoms with Crippen LogP contribution in [0.3, 0.4) is 0 Å². The second-order valence-corrected chi connectivity index (χ2v) is 6.19. The van der Waals surface area contributed by atoms with Crippen LogP contribution in [0.2, 0.25) is 5.15 Å². The summed E-state index contributed by atoms with van der Waals surface area (Å²) >= 11 is 6.11. The molecule has 3 aromatic heterocycles. The predicted octanol–water partition coefficient (Wildman–Crippen LogP) is 4.50. The summed E-state index contributed by atoms with van der Waals surface area (Å²) in [5.41, 5.74) is 5.62. The molecular formula is C20H20ClN3O2. The van der Waals surface area contributed by atoms with Crippen LogP contribution in [0, 0.1) is 6.92 Å². The van der Waals surface area contributed by atoms with Crippen molar-refractivity contribution in [3.8, 4) is 11.1 Å². The van der Waals surface area contributed by atoms with Gasteiger partial charge in [-0.15, -0.1) is 0 Å². The van der Waals surface area contributed by atoms with Crippen LogP contribution in [-0.4, -0.2) is 27.2 Å². The first kappa shape index (κ1) is 18.1. The van der Waals surface area contributed by atoms with Gasteiger partial charge < -0.3 is 4.74 Å². The summed E-state index contributed by atoms with van der Waals surface area (Å²) < 4.78 is 6.94. The molecular weight excluding hydrogens is 350 g/mol. The Balaban J connectivity index is 2.27. The zero-order chi connectivity index (χ0) is 18.7. The molecule has 5 nitrogen and oxygen atoms in total. The normalized spacial score (nSPS) is 11.4. The Morgan fingerprint density at radius 1 is 1.31 bits per heavy atom. The first-order valence-corrected chi connectivity index (χ1v) is 8.90. The lowest BCUT2D eigenvalue weighted by atomic mass is 9.99. The third kappa shape index (κ3) is 3.48. The van der Waals surface area contributed by atoms with Gasteiger partial charge in [-0.1, -0.05) is 18.5 Å². The largest absolute Gasteiger partial charge is 0.463 e. The molecule has 3 aromatic rings. The molecule has 0 aliphatic heterocycles. The maximum Gasteiger partial charge on any atom is 0.330 e. The molecule has 0 aliphatic rings. The zero-order valence-corrected chi connectivity index (χ0v) is 15.7. The van der Waals surface area contributed by atoms with E-state index in [1.807, 2.05) is 29.6 Å². The minimum absolute atomic E-state index is 0.338. The number of ether oxygens (including phenoxy) is 1. The van der Waals surface area contributed by atoms with Crippen LogP contribution < -0.4 is 0 Å². The molecule has 0 atom stereocenters. The van der Waals surface area contributed by atoms with Gasteiger partial charge in [0.05, 0.1) is 17.8 Å². The van der Waals surface area contributed by atoms with Gasteiger partial charge >= 0.3 is 5.97 Å². The summed E-state index contributed by atoms with van der Waals surface area (Å²) in [5, 5.41) is 5.12. The van der Waals surface area contributed by atoms with E-state index in [1.165, 1.54) is 6.08 Å². The van der Waals surface area contributed by atoms with Crippen molar-refractivity contribution in [1.29, 1.82) is 0 Å². The molecule has 0 bridgehead atoms. The van der Waals surface area contributed by atoms with E-state index < -0.39 is 0 Å². The molecule has 0 saturated heterocycles. The van der Waals surface area contributed by atoms with Gasteiger partial charge in [-0.2, -0.15) is 5.10 Å². The summed E-state index contributed by atoms with van der Waals surface area (Å²) in [6.07, 6.45) is 5.73. The highest BCUT2D eigenvalue weighted by molar-refractivity contribution is 6.29. The maximum absolute atomic E-state index is 11.8. The van der Waals surface area contributed by atoms with E-state index in [0.717, 1.165) is 40.0 Å². The first-order chi connectivity index (χ1) is 12.5. The van der Waals surface area contributed by atoms with Crippen molar-refractivity contribution in [2.75, 3.05) is 6.61 Å². The summed E-state index contributed by atoms with van der Waals surface area (Å²) in [6, 6.07) is 7.82. The Bertz CT molecular complexity index is 992. The highest BCUT2D eigenvalue weighted by Gasteiger charge is 2.16. The van der Waals surface area contributed by atoms with Crippen LogP contribution in [0.25, 0.3) is 22.7 Å². The molecule has 0 aromatic carbocycles. The first-order valence-electron chi connectivity index (χ1n) is 8.53. The van der Waals surface area contributed by atoms with Crippen LogP contribution in [0.15, 0.2) is 36.5 Å². The lowest BCUT2D eigenvalue weighted by Gasteiger charge is -2.13. The number of nitrogens with zero attached hydrogens (tertiary/aromatic N) is 3. The van der Waals surface area contributed by atoms with Gasteiger partial charge in [0.15, 0.2) is 0 Å². The Labute approximate surface area is 157 Å². The zero-order valence-electron chi connectivity index (χ0n) is 15.0. The van der Waals surface area contributed by atoms with E-state index in [2.05, 4.69) is 18.0 Å². The molecule has 0 saturated carbocycles. The minimum atomic E-state index is -0.380. The fourth-order valence-corrected chi connectivity index (χ4v) is 3.15. The molecule has 0 aliphatic carbocycles. The highest BCUT2D eigenvalue weighted by Crippen LogP contribution is 2.33. The quantitative estimate of drug-likeness (QED) is 0.377. The maximum atomic E-state index is 11.8. The molecule has 3 rings (SSSR count). The Hall–Kier alpha value is -2.66. The van der Waals surface area contributed by atoms with E-state index in [-0.39, 0.29) is 5.97 Å². The summed E-state index contributed by atoms with van der Waals surface area (Å²) in [7, 11) is 0. The molecule has 0 N–H and O–H groups in total. The number of esters is 1. The van der Waals surface area contributed by atoms with E-state index in [1.54, 1.807) is 19.2 Å². The van der Waals surface area contributed by atoms with Gasteiger partial charge in [-0.25, -0.2) is 14.3 Å². The molecule has 26 heavy (non-hydrogen) atoms. The summed E-state index contributed by atoms with van der Waals surface area (Å²) in [5.74, 6) is -0.380. The lowest BCUT2D eigenvalue weighted by molar-refractivity contribution is -0.137. The molecule has 0 radical (unpaired) electrons. The van der Waals surface area contributed by atoms with E-state index >= 15 is 0 Å². The third-order valence-electron chi connectivity index (χ3n) is 4.15. The van der Waals surface area contributed by atoms with Gasteiger partial charge in [-0.05, 0) is 56.2 Å². The van der Waals surface area contributed by atoms with Crippen LogP contribution in [0.5, 0.6) is 0 Å². The Kier molecular flexibility index (Phi) is 5.38. The summed E-state index contributed by atoms with van der Waals surface area (Å²) in [4.78, 5) is 15.8. The molecule has 134 valence electrons. The number of aromatic nitrogens is 3. The average Bonchev–Trinajstić information content (AvgIpc) is 3.02. The van der Waals surface area contributed by atoms with E-state index in [4.69, 9.17) is 21.4 Å². The minimum Gasteiger partial charge on any atom is -0.463 e. The van der Waals surface area contributed by atoms with Crippen molar-refractivity contribution in [1.82, 2.24) is 14.6 Å². The average molecular weight is 370 g/mol. The second kappa shape index (κ2) is 7.70. The number of halogens is 1. The number of aryl methyl sites for hydroxylation is 2. The standard InChI is InChI=1S/C20H20ClN3O2/c1-4-15-6-8-17-20(14-10-11-22-18(21)12-14)16(13(3)23-24(15)17)7-9-19(25)26-5-2/h6-12H,4-5H2,1-3H3. The molecule has 0 amide bonds. The van der Waals surface area contributed by atoms with Crippen molar-refractivity contribution < 1.29 is 9.53 Å². The van der Waals surface area contributed by atoms with Gasteiger partial charge in [0.2, 0.25) is 0 Å². The Morgan fingerprint density at radius 3 is 2.81 bits per heavy atom. The van der Waals surface area contributed by atoms with Crippen molar-refractivity contribution >= 4 is 29.2 Å². The number of rotatable bonds is 5. The van der Waals surface area contributed by atoms with Gasteiger partial charge in [0, 0.05) is 29.1 Å². The highest BCUT2D eigenvalue weighted by atomic mass is 35.5. The van der Waals surface area contributed by atoms with Crippen LogP contribution in [0.4, 0.5) is 0 Å². The fraction of sp³-hybridized carbons (Fsp3) is 0.250. The van der Waals surface area contributed by atoms with Gasteiger partial charge in [0.25, 0.3) is 0 Å². The Morgan fingerprint density at radius 2 is 2.12 bits per heavy atom. The number of hydrogen-bond acceptors (Lipinski definition) is 4. The monoisotopic (exact) mass is 369 g/mol. The number of pyridine rings is 1. The van der Waals surface area contributed by atoms with Gasteiger partial charge in [-0.3, -0.25) is 0 Å². The molecule has 6 heteroatoms. The lowest BCUT2D eigenvalue weighted by Crippen LogP contribution is -2.04. The van der Waals surface area contributed by atoms with E-state index in [0.29, 0.717) is 11.8 Å². The number of fused-ring (bicyclic) bond motifs is 1. The third-order valence-corrected chi connectivity index (χ3v) is 4.36. The molecule has 3 heterocycles. The number of carbonyl (C=O) groups is 1. The van der Waals surface area contributed by atoms with Crippen molar-refractivity contribution in [2.24, 2.45) is 0 Å².